The molecule has 1 aromatic rings. The summed E-state index contributed by atoms with van der Waals surface area (Å²) >= 11 is 0. The number of unbranched alkanes of at least 4 members (excludes halogenated alkanes) is 1. The Morgan fingerprint density at radius 1 is 1.11 bits per heavy atom. The van der Waals surface area contributed by atoms with E-state index in [2.05, 4.69) is 19.7 Å². The standard InChI is InChI=1S/C15H24O6.C10H12N2O3S/c1-5-6-8-20-15(18)12(4)13(19-9-7-16)10-21-14(17)11(2)3;1-3-10(13)12(2)8-4-6-9(7-5-8)16(11,14)15/h13,16H,2,4-10H2,1,3H3;3-7H,1H2,2H3,(H2,11,14,15). The number of nitrogens with two attached hydrogens (primary N) is 1. The molecule has 11 nitrogen and oxygen atoms in total. The van der Waals surface area contributed by atoms with E-state index in [1.807, 2.05) is 6.92 Å². The number of benzene rings is 1. The highest BCUT2D eigenvalue weighted by Gasteiger charge is 2.23. The predicted octanol–water partition coefficient (Wildman–Crippen LogP) is 1.87. The molecule has 0 saturated carbocycles. The molecule has 1 aromatic carbocycles. The maximum atomic E-state index is 11.8. The second kappa shape index (κ2) is 17.2. The third kappa shape index (κ3) is 13.0. The summed E-state index contributed by atoms with van der Waals surface area (Å²) in [4.78, 5) is 35.7. The molecule has 37 heavy (non-hydrogen) atoms. The molecule has 0 heterocycles. The van der Waals surface area contributed by atoms with Gasteiger partial charge in [0.15, 0.2) is 0 Å². The summed E-state index contributed by atoms with van der Waals surface area (Å²) in [6.45, 7) is 13.8. The molecular formula is C25H36N2O9S. The number of anilines is 1. The number of ether oxygens (including phenoxy) is 3. The Labute approximate surface area is 218 Å². The van der Waals surface area contributed by atoms with Crippen molar-refractivity contribution in [2.75, 3.05) is 38.4 Å². The monoisotopic (exact) mass is 540 g/mol. The number of esters is 2. The smallest absolute Gasteiger partial charge is 0.336 e. The minimum Gasteiger partial charge on any atom is -0.462 e. The number of amides is 1. The van der Waals surface area contributed by atoms with Crippen LogP contribution in [-0.4, -0.2) is 70.9 Å². The molecule has 0 aliphatic rings. The van der Waals surface area contributed by atoms with E-state index < -0.39 is 28.1 Å². The van der Waals surface area contributed by atoms with Gasteiger partial charge in [0.1, 0.15) is 12.7 Å². The van der Waals surface area contributed by atoms with E-state index in [-0.39, 0.29) is 41.8 Å². The molecule has 0 spiro atoms. The fourth-order valence-electron chi connectivity index (χ4n) is 2.38. The number of primary sulfonamides is 1. The molecule has 1 rings (SSSR count). The number of aliphatic hydroxyl groups is 1. The van der Waals surface area contributed by atoms with Crippen molar-refractivity contribution in [3.63, 3.8) is 0 Å². The summed E-state index contributed by atoms with van der Waals surface area (Å²) in [5.74, 6) is -1.46. The lowest BCUT2D eigenvalue weighted by Crippen LogP contribution is -2.29. The Bertz CT molecular complexity index is 1050. The number of aliphatic hydroxyl groups excluding tert-OH is 1. The molecule has 0 aliphatic carbocycles. The van der Waals surface area contributed by atoms with Gasteiger partial charge in [-0.1, -0.05) is 33.1 Å². The SMILES string of the molecule is C=C(C)C(=O)OCC(OCCO)C(=C)C(=O)OCCCC.C=CC(=O)N(C)c1ccc(S(N)(=O)=O)cc1. The zero-order valence-electron chi connectivity index (χ0n) is 21.5. The van der Waals surface area contributed by atoms with Crippen LogP contribution in [0.25, 0.3) is 0 Å². The zero-order valence-corrected chi connectivity index (χ0v) is 22.3. The quantitative estimate of drug-likeness (QED) is 0.204. The molecule has 12 heteroatoms. The average molecular weight is 541 g/mol. The second-order valence-corrected chi connectivity index (χ2v) is 9.18. The maximum absolute atomic E-state index is 11.8. The Hall–Kier alpha value is -3.32. The minimum absolute atomic E-state index is 0.00342. The van der Waals surface area contributed by atoms with Gasteiger partial charge in [0.05, 0.1) is 30.3 Å². The number of carbonyl (C=O) groups is 3. The summed E-state index contributed by atoms with van der Waals surface area (Å²) in [5, 5.41) is 13.7. The van der Waals surface area contributed by atoms with Crippen LogP contribution < -0.4 is 10.0 Å². The number of sulfonamides is 1. The van der Waals surface area contributed by atoms with Gasteiger partial charge in [-0.2, -0.15) is 0 Å². The predicted molar refractivity (Wildman–Crippen MR) is 139 cm³/mol. The topological polar surface area (TPSA) is 163 Å². The summed E-state index contributed by atoms with van der Waals surface area (Å²) in [7, 11) is -2.13. The maximum Gasteiger partial charge on any atom is 0.336 e. The lowest BCUT2D eigenvalue weighted by atomic mass is 10.2. The van der Waals surface area contributed by atoms with Crippen LogP contribution in [0.2, 0.25) is 0 Å². The van der Waals surface area contributed by atoms with Gasteiger partial charge in [-0.3, -0.25) is 4.79 Å². The largest absolute Gasteiger partial charge is 0.462 e. The molecule has 3 N–H and O–H groups in total. The van der Waals surface area contributed by atoms with Gasteiger partial charge in [-0.15, -0.1) is 0 Å². The average Bonchev–Trinajstić information content (AvgIpc) is 2.87. The highest BCUT2D eigenvalue weighted by molar-refractivity contribution is 7.89. The Morgan fingerprint density at radius 2 is 1.70 bits per heavy atom. The van der Waals surface area contributed by atoms with Crippen LogP contribution in [0.1, 0.15) is 26.7 Å². The van der Waals surface area contributed by atoms with E-state index in [1.165, 1.54) is 42.2 Å². The molecular weight excluding hydrogens is 504 g/mol. The van der Waals surface area contributed by atoms with Crippen molar-refractivity contribution >= 4 is 33.6 Å². The van der Waals surface area contributed by atoms with Crippen LogP contribution in [0.5, 0.6) is 0 Å². The van der Waals surface area contributed by atoms with Gasteiger partial charge in [-0.25, -0.2) is 23.1 Å². The van der Waals surface area contributed by atoms with E-state index in [9.17, 15) is 22.8 Å². The van der Waals surface area contributed by atoms with Crippen molar-refractivity contribution in [2.24, 2.45) is 5.14 Å². The zero-order chi connectivity index (χ0) is 28.6. The highest BCUT2D eigenvalue weighted by Crippen LogP contribution is 2.16. The number of hydrogen-bond donors (Lipinski definition) is 2. The fourth-order valence-corrected chi connectivity index (χ4v) is 2.89. The Balaban J connectivity index is 0.000000724. The van der Waals surface area contributed by atoms with Gasteiger partial charge < -0.3 is 24.2 Å². The summed E-state index contributed by atoms with van der Waals surface area (Å²) < 4.78 is 37.2. The van der Waals surface area contributed by atoms with E-state index in [0.29, 0.717) is 12.3 Å². The number of carbonyl (C=O) groups excluding carboxylic acids is 3. The van der Waals surface area contributed by atoms with Crippen molar-refractivity contribution in [3.8, 4) is 0 Å². The molecule has 0 aromatic heterocycles. The highest BCUT2D eigenvalue weighted by atomic mass is 32.2. The van der Waals surface area contributed by atoms with Crippen LogP contribution in [-0.2, 0) is 38.6 Å². The van der Waals surface area contributed by atoms with Gasteiger partial charge in [-0.05, 0) is 43.7 Å². The second-order valence-electron chi connectivity index (χ2n) is 7.62. The lowest BCUT2D eigenvalue weighted by Gasteiger charge is -2.19. The van der Waals surface area contributed by atoms with E-state index >= 15 is 0 Å². The van der Waals surface area contributed by atoms with E-state index in [1.54, 1.807) is 7.05 Å². The number of hydrogen-bond acceptors (Lipinski definition) is 9. The number of rotatable bonds is 14. The van der Waals surface area contributed by atoms with Crippen LogP contribution in [0.3, 0.4) is 0 Å². The molecule has 1 amide bonds. The van der Waals surface area contributed by atoms with Crippen molar-refractivity contribution in [2.45, 2.75) is 37.7 Å². The third-order valence-electron chi connectivity index (χ3n) is 4.56. The Morgan fingerprint density at radius 3 is 2.16 bits per heavy atom. The fraction of sp³-hybridized carbons (Fsp3) is 0.400. The van der Waals surface area contributed by atoms with Gasteiger partial charge in [0, 0.05) is 18.3 Å². The summed E-state index contributed by atoms with van der Waals surface area (Å²) in [6, 6.07) is 5.69. The molecule has 1 unspecified atom stereocenters. The molecule has 0 fully saturated rings. The first-order valence-electron chi connectivity index (χ1n) is 11.2. The molecule has 206 valence electrons. The van der Waals surface area contributed by atoms with Gasteiger partial charge >= 0.3 is 11.9 Å². The molecule has 0 bridgehead atoms. The van der Waals surface area contributed by atoms with Crippen molar-refractivity contribution in [3.05, 3.63) is 61.2 Å². The first-order valence-corrected chi connectivity index (χ1v) is 12.8. The first kappa shape index (κ1) is 33.7. The number of likely N-dealkylation sites (N-methyl/N-ethyl adjacent to an activating group) is 1. The van der Waals surface area contributed by atoms with Gasteiger partial charge in [0.25, 0.3) is 0 Å². The van der Waals surface area contributed by atoms with Crippen LogP contribution in [0.15, 0.2) is 66.1 Å². The van der Waals surface area contributed by atoms with Crippen LogP contribution >= 0.6 is 0 Å². The molecule has 0 saturated heterocycles. The third-order valence-corrected chi connectivity index (χ3v) is 5.49. The van der Waals surface area contributed by atoms with E-state index in [0.717, 1.165) is 12.8 Å². The first-order chi connectivity index (χ1) is 17.3. The molecule has 1 atom stereocenters. The minimum atomic E-state index is -3.69. The van der Waals surface area contributed by atoms with E-state index in [4.69, 9.17) is 24.5 Å². The molecule has 0 aliphatic heterocycles. The van der Waals surface area contributed by atoms with Gasteiger partial charge in [0.2, 0.25) is 15.9 Å². The Kier molecular flexibility index (Phi) is 15.6. The summed E-state index contributed by atoms with van der Waals surface area (Å²) in [6.07, 6.45) is 1.98. The normalized spacial score (nSPS) is 11.3. The lowest BCUT2D eigenvalue weighted by molar-refractivity contribution is -0.147. The van der Waals surface area contributed by atoms with Crippen molar-refractivity contribution in [1.29, 1.82) is 0 Å². The van der Waals surface area contributed by atoms with Crippen LogP contribution in [0.4, 0.5) is 5.69 Å². The van der Waals surface area contributed by atoms with Crippen LogP contribution in [0, 0.1) is 0 Å². The molecule has 0 radical (unpaired) electrons. The summed E-state index contributed by atoms with van der Waals surface area (Å²) in [5.41, 5.74) is 0.860. The number of nitrogens with zero attached hydrogens (tertiary/aromatic N) is 1. The van der Waals surface area contributed by atoms with Crippen molar-refractivity contribution in [1.82, 2.24) is 0 Å². The van der Waals surface area contributed by atoms with Crippen molar-refractivity contribution < 1.29 is 42.1 Å².